The molecule has 1 aliphatic rings. The Morgan fingerprint density at radius 3 is 2.12 bits per heavy atom. The van der Waals surface area contributed by atoms with E-state index in [4.69, 9.17) is 4.74 Å². The number of ether oxygens (including phenoxy) is 1. The van der Waals surface area contributed by atoms with Gasteiger partial charge in [-0.25, -0.2) is 4.39 Å². The summed E-state index contributed by atoms with van der Waals surface area (Å²) >= 11 is 1.60. The molecule has 1 aliphatic heterocycles. The Kier molecular flexibility index (Phi) is 3.93. The van der Waals surface area contributed by atoms with Gasteiger partial charge in [-0.2, -0.15) is 0 Å². The van der Waals surface area contributed by atoms with Gasteiger partial charge in [-0.3, -0.25) is 9.69 Å². The van der Waals surface area contributed by atoms with Gasteiger partial charge in [-0.1, -0.05) is 36.0 Å². The fraction of sp³-hybridized carbons (Fsp3) is 0.0500. The number of fused-ring (bicyclic) bond motifs is 2. The maximum absolute atomic E-state index is 14.5. The molecule has 0 radical (unpaired) electrons. The molecule has 1 amide bonds. The highest BCUT2D eigenvalue weighted by molar-refractivity contribution is 7.99. The number of amides is 1. The lowest BCUT2D eigenvalue weighted by Gasteiger charge is -2.31. The molecule has 0 bridgehead atoms. The van der Waals surface area contributed by atoms with Gasteiger partial charge >= 0.3 is 0 Å². The third-order valence-electron chi connectivity index (χ3n) is 4.04. The van der Waals surface area contributed by atoms with Crippen molar-refractivity contribution in [2.24, 2.45) is 0 Å². The average Bonchev–Trinajstić information content (AvgIpc) is 2.65. The third-order valence-corrected chi connectivity index (χ3v) is 5.17. The van der Waals surface area contributed by atoms with Crippen LogP contribution in [0.15, 0.2) is 76.5 Å². The predicted molar refractivity (Wildman–Crippen MR) is 96.4 cm³/mol. The highest BCUT2D eigenvalue weighted by Crippen LogP contribution is 2.48. The minimum Gasteiger partial charge on any atom is -0.497 e. The highest BCUT2D eigenvalue weighted by atomic mass is 32.2. The molecule has 3 nitrogen and oxygen atoms in total. The van der Waals surface area contributed by atoms with E-state index in [1.807, 2.05) is 48.5 Å². The lowest BCUT2D eigenvalue weighted by molar-refractivity contribution is 0.0994. The van der Waals surface area contributed by atoms with E-state index in [1.54, 1.807) is 22.7 Å². The molecule has 0 saturated heterocycles. The van der Waals surface area contributed by atoms with Gasteiger partial charge in [0.25, 0.3) is 5.91 Å². The SMILES string of the molecule is COc1ccc(C(=O)N2c3ccccc3Sc3ccccc32)c(F)c1. The van der Waals surface area contributed by atoms with Gasteiger partial charge in [0, 0.05) is 15.9 Å². The summed E-state index contributed by atoms with van der Waals surface area (Å²) in [7, 11) is 1.46. The minimum atomic E-state index is -0.600. The largest absolute Gasteiger partial charge is 0.497 e. The maximum Gasteiger partial charge on any atom is 0.265 e. The van der Waals surface area contributed by atoms with Gasteiger partial charge in [0.15, 0.2) is 0 Å². The molecule has 4 rings (SSSR count). The molecule has 3 aromatic carbocycles. The Bertz CT molecular complexity index is 928. The predicted octanol–water partition coefficient (Wildman–Crippen LogP) is 5.28. The molecule has 1 heterocycles. The standard InChI is InChI=1S/C20H14FNO2S/c1-24-13-10-11-14(15(21)12-13)20(23)22-16-6-2-4-8-18(16)25-19-9-5-3-7-17(19)22/h2-12H,1H3. The number of hydrogen-bond acceptors (Lipinski definition) is 3. The van der Waals surface area contributed by atoms with Crippen LogP contribution in [0, 0.1) is 5.82 Å². The van der Waals surface area contributed by atoms with E-state index >= 15 is 0 Å². The number of rotatable bonds is 2. The fourth-order valence-corrected chi connectivity index (χ4v) is 3.90. The van der Waals surface area contributed by atoms with Crippen LogP contribution in [0.2, 0.25) is 0 Å². The van der Waals surface area contributed by atoms with Crippen LogP contribution in [0.25, 0.3) is 0 Å². The molecule has 0 aromatic heterocycles. The van der Waals surface area contributed by atoms with E-state index in [1.165, 1.54) is 19.2 Å². The van der Waals surface area contributed by atoms with Crippen LogP contribution >= 0.6 is 11.8 Å². The van der Waals surface area contributed by atoms with Crippen LogP contribution in [-0.2, 0) is 0 Å². The number of benzene rings is 3. The summed E-state index contributed by atoms with van der Waals surface area (Å²) in [6.07, 6.45) is 0. The lowest BCUT2D eigenvalue weighted by Crippen LogP contribution is -2.29. The summed E-state index contributed by atoms with van der Waals surface area (Å²) in [4.78, 5) is 16.7. The monoisotopic (exact) mass is 351 g/mol. The zero-order valence-corrected chi connectivity index (χ0v) is 14.2. The molecule has 5 heteroatoms. The van der Waals surface area contributed by atoms with Crippen LogP contribution in [0.5, 0.6) is 5.75 Å². The zero-order chi connectivity index (χ0) is 17.4. The summed E-state index contributed by atoms with van der Waals surface area (Å²) < 4.78 is 19.5. The molecule has 25 heavy (non-hydrogen) atoms. The smallest absolute Gasteiger partial charge is 0.265 e. The fourth-order valence-electron chi connectivity index (χ4n) is 2.84. The molecule has 0 unspecified atom stereocenters. The Morgan fingerprint density at radius 1 is 0.960 bits per heavy atom. The number of methoxy groups -OCH3 is 1. The number of hydrogen-bond donors (Lipinski definition) is 0. The van der Waals surface area contributed by atoms with Gasteiger partial charge in [-0.05, 0) is 36.4 Å². The second kappa shape index (κ2) is 6.26. The van der Waals surface area contributed by atoms with Gasteiger partial charge in [0.1, 0.15) is 11.6 Å². The van der Waals surface area contributed by atoms with Crippen molar-refractivity contribution in [3.63, 3.8) is 0 Å². The van der Waals surface area contributed by atoms with Crippen LogP contribution in [0.4, 0.5) is 15.8 Å². The van der Waals surface area contributed by atoms with Crippen molar-refractivity contribution in [2.75, 3.05) is 12.0 Å². The second-order valence-electron chi connectivity index (χ2n) is 5.52. The molecular formula is C20H14FNO2S. The van der Waals surface area contributed by atoms with Crippen molar-refractivity contribution in [3.8, 4) is 5.75 Å². The topological polar surface area (TPSA) is 29.5 Å². The molecule has 0 fully saturated rings. The van der Waals surface area contributed by atoms with Crippen LogP contribution < -0.4 is 9.64 Å². The summed E-state index contributed by atoms with van der Waals surface area (Å²) in [5.41, 5.74) is 1.52. The average molecular weight is 351 g/mol. The van der Waals surface area contributed by atoms with Crippen LogP contribution in [0.1, 0.15) is 10.4 Å². The first-order chi connectivity index (χ1) is 12.2. The highest BCUT2D eigenvalue weighted by Gasteiger charge is 2.30. The van der Waals surface area contributed by atoms with Crippen molar-refractivity contribution in [1.29, 1.82) is 0 Å². The molecule has 0 atom stereocenters. The van der Waals surface area contributed by atoms with E-state index in [2.05, 4.69) is 0 Å². The first kappa shape index (κ1) is 15.7. The summed E-state index contributed by atoms with van der Waals surface area (Å²) in [5.74, 6) is -0.623. The van der Waals surface area contributed by atoms with Crippen molar-refractivity contribution < 1.29 is 13.9 Å². The number of carbonyl (C=O) groups is 1. The van der Waals surface area contributed by atoms with E-state index in [9.17, 15) is 9.18 Å². The second-order valence-corrected chi connectivity index (χ2v) is 6.61. The van der Waals surface area contributed by atoms with Crippen LogP contribution in [-0.4, -0.2) is 13.0 Å². The number of para-hydroxylation sites is 2. The Labute approximate surface area is 149 Å². The zero-order valence-electron chi connectivity index (χ0n) is 13.4. The number of anilines is 2. The number of carbonyl (C=O) groups excluding carboxylic acids is 1. The summed E-state index contributed by atoms with van der Waals surface area (Å²) in [6.45, 7) is 0. The minimum absolute atomic E-state index is 0.0114. The van der Waals surface area contributed by atoms with E-state index < -0.39 is 11.7 Å². The first-order valence-electron chi connectivity index (χ1n) is 7.73. The Hall–Kier alpha value is -2.79. The van der Waals surface area contributed by atoms with Crippen molar-refractivity contribution in [2.45, 2.75) is 9.79 Å². The molecule has 0 N–H and O–H groups in total. The van der Waals surface area contributed by atoms with Gasteiger partial charge < -0.3 is 4.74 Å². The quantitative estimate of drug-likeness (QED) is 0.629. The first-order valence-corrected chi connectivity index (χ1v) is 8.54. The van der Waals surface area contributed by atoms with E-state index in [-0.39, 0.29) is 5.56 Å². The molecule has 3 aromatic rings. The number of nitrogens with zero attached hydrogens (tertiary/aromatic N) is 1. The van der Waals surface area contributed by atoms with Crippen LogP contribution in [0.3, 0.4) is 0 Å². The Balaban J connectivity index is 1.86. The molecule has 0 saturated carbocycles. The summed E-state index contributed by atoms with van der Waals surface area (Å²) in [6, 6.07) is 19.5. The normalized spacial score (nSPS) is 12.3. The van der Waals surface area contributed by atoms with E-state index in [0.29, 0.717) is 5.75 Å². The summed E-state index contributed by atoms with van der Waals surface area (Å²) in [5, 5.41) is 0. The third kappa shape index (κ3) is 2.66. The van der Waals surface area contributed by atoms with E-state index in [0.717, 1.165) is 21.2 Å². The number of halogens is 1. The van der Waals surface area contributed by atoms with Gasteiger partial charge in [0.2, 0.25) is 0 Å². The van der Waals surface area contributed by atoms with Crippen molar-refractivity contribution in [1.82, 2.24) is 0 Å². The molecule has 0 aliphatic carbocycles. The molecule has 124 valence electrons. The Morgan fingerprint density at radius 2 is 1.56 bits per heavy atom. The van der Waals surface area contributed by atoms with Crippen molar-refractivity contribution >= 4 is 29.0 Å². The maximum atomic E-state index is 14.5. The molecular weight excluding hydrogens is 337 g/mol. The van der Waals surface area contributed by atoms with Gasteiger partial charge in [0.05, 0.1) is 24.0 Å². The lowest BCUT2D eigenvalue weighted by atomic mass is 10.1. The van der Waals surface area contributed by atoms with Crippen molar-refractivity contribution in [3.05, 3.63) is 78.1 Å². The van der Waals surface area contributed by atoms with Gasteiger partial charge in [-0.15, -0.1) is 0 Å². The molecule has 0 spiro atoms.